The van der Waals surface area contributed by atoms with E-state index in [-0.39, 0.29) is 17.2 Å². The molecule has 4 nitrogen and oxygen atoms in total. The van der Waals surface area contributed by atoms with Crippen LogP contribution < -0.4 is 4.74 Å². The minimum atomic E-state index is -0.909. The maximum atomic E-state index is 11.9. The van der Waals surface area contributed by atoms with Crippen molar-refractivity contribution in [1.29, 1.82) is 0 Å². The molecule has 0 fully saturated rings. The van der Waals surface area contributed by atoms with E-state index in [0.717, 1.165) is 5.56 Å². The molecule has 0 saturated carbocycles. The smallest absolute Gasteiger partial charge is 0.379 e. The summed E-state index contributed by atoms with van der Waals surface area (Å²) in [6.45, 7) is 5.28. The molecular weight excluding hydrogens is 256 g/mol. The topological polar surface area (TPSA) is 52.6 Å². The summed E-state index contributed by atoms with van der Waals surface area (Å²) in [4.78, 5) is 23.4. The summed E-state index contributed by atoms with van der Waals surface area (Å²) in [5.74, 6) is -1.11. The number of esters is 1. The Hall–Kier alpha value is -1.55. The molecule has 5 heteroatoms. The summed E-state index contributed by atoms with van der Waals surface area (Å²) in [5.41, 5.74) is 1.48. The number of methoxy groups -OCH3 is 1. The van der Waals surface area contributed by atoms with Crippen LogP contribution in [-0.4, -0.2) is 25.5 Å². The van der Waals surface area contributed by atoms with Gasteiger partial charge < -0.3 is 9.47 Å². The summed E-state index contributed by atoms with van der Waals surface area (Å²) in [7, 11) is 1.50. The molecule has 0 heterocycles. The van der Waals surface area contributed by atoms with Gasteiger partial charge in [-0.25, -0.2) is 4.79 Å². The fourth-order valence-electron chi connectivity index (χ4n) is 1.81. The first-order valence-corrected chi connectivity index (χ1v) is 5.86. The fourth-order valence-corrected chi connectivity index (χ4v) is 2.20. The van der Waals surface area contributed by atoms with Crippen molar-refractivity contribution >= 4 is 23.4 Å². The van der Waals surface area contributed by atoms with Crippen LogP contribution in [0.1, 0.15) is 28.4 Å². The van der Waals surface area contributed by atoms with Crippen molar-refractivity contribution < 1.29 is 19.1 Å². The summed E-state index contributed by atoms with van der Waals surface area (Å²) in [6.07, 6.45) is 0. The second kappa shape index (κ2) is 5.87. The van der Waals surface area contributed by atoms with Gasteiger partial charge in [0.05, 0.1) is 24.3 Å². The largest absolute Gasteiger partial charge is 0.496 e. The van der Waals surface area contributed by atoms with Gasteiger partial charge in [0.1, 0.15) is 5.75 Å². The minimum Gasteiger partial charge on any atom is -0.496 e. The van der Waals surface area contributed by atoms with Crippen LogP contribution >= 0.6 is 11.6 Å². The molecule has 0 radical (unpaired) electrons. The molecule has 18 heavy (non-hydrogen) atoms. The molecule has 1 aromatic carbocycles. The van der Waals surface area contributed by atoms with E-state index in [9.17, 15) is 9.59 Å². The molecule has 0 saturated heterocycles. The Balaban J connectivity index is 3.32. The highest BCUT2D eigenvalue weighted by molar-refractivity contribution is 6.46. The van der Waals surface area contributed by atoms with E-state index in [1.54, 1.807) is 19.9 Å². The first kappa shape index (κ1) is 14.5. The predicted molar refractivity (Wildman–Crippen MR) is 68.4 cm³/mol. The van der Waals surface area contributed by atoms with E-state index in [4.69, 9.17) is 16.3 Å². The second-order valence-electron chi connectivity index (χ2n) is 3.76. The number of hydrogen-bond donors (Lipinski definition) is 0. The van der Waals surface area contributed by atoms with E-state index in [1.807, 2.05) is 6.92 Å². The molecule has 1 aromatic rings. The van der Waals surface area contributed by atoms with Gasteiger partial charge in [-0.15, -0.1) is 0 Å². The third-order valence-corrected chi connectivity index (χ3v) is 2.85. The van der Waals surface area contributed by atoms with Gasteiger partial charge in [0.2, 0.25) is 0 Å². The lowest BCUT2D eigenvalue weighted by Crippen LogP contribution is -2.19. The van der Waals surface area contributed by atoms with Gasteiger partial charge in [-0.1, -0.05) is 11.6 Å². The van der Waals surface area contributed by atoms with Crippen LogP contribution in [0.15, 0.2) is 6.07 Å². The summed E-state index contributed by atoms with van der Waals surface area (Å²) >= 11 is 6.02. The number of aryl methyl sites for hydroxylation is 1. The summed E-state index contributed by atoms with van der Waals surface area (Å²) in [6, 6.07) is 1.60. The molecule has 0 bridgehead atoms. The van der Waals surface area contributed by atoms with Crippen LogP contribution in [0.4, 0.5) is 0 Å². The van der Waals surface area contributed by atoms with Crippen molar-refractivity contribution in [1.82, 2.24) is 0 Å². The lowest BCUT2D eigenvalue weighted by Gasteiger charge is -2.13. The number of halogens is 1. The van der Waals surface area contributed by atoms with E-state index in [1.165, 1.54) is 7.11 Å². The fraction of sp³-hybridized carbons (Fsp3) is 0.385. The van der Waals surface area contributed by atoms with Gasteiger partial charge in [0, 0.05) is 5.56 Å². The molecule has 0 aromatic heterocycles. The van der Waals surface area contributed by atoms with Crippen LogP contribution in [0, 0.1) is 13.8 Å². The molecular formula is C13H15ClO4. The van der Waals surface area contributed by atoms with Gasteiger partial charge in [0.15, 0.2) is 0 Å². The standard InChI is InChI=1S/C13H15ClO4/c1-5-18-13(16)11(15)10-8(3)12(17-4)7(2)6-9(10)14/h6H,5H2,1-4H3. The Morgan fingerprint density at radius 2 is 1.94 bits per heavy atom. The third-order valence-electron chi connectivity index (χ3n) is 2.55. The lowest BCUT2D eigenvalue weighted by molar-refractivity contribution is -0.137. The Morgan fingerprint density at radius 1 is 1.33 bits per heavy atom. The Kier molecular flexibility index (Phi) is 4.73. The molecule has 0 amide bonds. The molecule has 0 spiro atoms. The predicted octanol–water partition coefficient (Wildman–Crippen LogP) is 2.71. The average molecular weight is 271 g/mol. The average Bonchev–Trinajstić information content (AvgIpc) is 2.29. The van der Waals surface area contributed by atoms with Crippen LogP contribution in [0.2, 0.25) is 5.02 Å². The number of benzene rings is 1. The van der Waals surface area contributed by atoms with Crippen molar-refractivity contribution in [2.75, 3.05) is 13.7 Å². The van der Waals surface area contributed by atoms with Gasteiger partial charge in [-0.05, 0) is 32.4 Å². The monoisotopic (exact) mass is 270 g/mol. The zero-order valence-electron chi connectivity index (χ0n) is 10.8. The van der Waals surface area contributed by atoms with Gasteiger partial charge in [-0.2, -0.15) is 0 Å². The van der Waals surface area contributed by atoms with Crippen LogP contribution in [0.5, 0.6) is 5.75 Å². The first-order chi connectivity index (χ1) is 8.43. The Labute approximate surface area is 111 Å². The normalized spacial score (nSPS) is 10.1. The summed E-state index contributed by atoms with van der Waals surface area (Å²) < 4.78 is 9.88. The van der Waals surface area contributed by atoms with Crippen molar-refractivity contribution in [3.05, 3.63) is 27.8 Å². The van der Waals surface area contributed by atoms with E-state index >= 15 is 0 Å². The Morgan fingerprint density at radius 3 is 2.44 bits per heavy atom. The van der Waals surface area contributed by atoms with Gasteiger partial charge in [-0.3, -0.25) is 4.79 Å². The van der Waals surface area contributed by atoms with Crippen molar-refractivity contribution in [2.45, 2.75) is 20.8 Å². The number of Topliss-reactive ketones (excluding diaryl/α,β-unsaturated/α-hetero) is 1. The van der Waals surface area contributed by atoms with E-state index in [0.29, 0.717) is 11.3 Å². The molecule has 0 atom stereocenters. The number of hydrogen-bond acceptors (Lipinski definition) is 4. The number of ketones is 1. The molecule has 98 valence electrons. The lowest BCUT2D eigenvalue weighted by atomic mass is 10.0. The van der Waals surface area contributed by atoms with E-state index < -0.39 is 11.8 Å². The highest BCUT2D eigenvalue weighted by Gasteiger charge is 2.25. The van der Waals surface area contributed by atoms with Crippen LogP contribution in [0.25, 0.3) is 0 Å². The van der Waals surface area contributed by atoms with E-state index in [2.05, 4.69) is 4.74 Å². The number of rotatable bonds is 4. The molecule has 0 aliphatic heterocycles. The van der Waals surface area contributed by atoms with Crippen molar-refractivity contribution in [2.24, 2.45) is 0 Å². The number of carbonyl (C=O) groups excluding carboxylic acids is 2. The maximum Gasteiger partial charge on any atom is 0.379 e. The summed E-state index contributed by atoms with van der Waals surface area (Å²) in [5, 5.41) is 0.226. The van der Waals surface area contributed by atoms with Crippen molar-refractivity contribution in [3.63, 3.8) is 0 Å². The zero-order chi connectivity index (χ0) is 13.9. The van der Waals surface area contributed by atoms with Gasteiger partial charge >= 0.3 is 5.97 Å². The van der Waals surface area contributed by atoms with Crippen LogP contribution in [0.3, 0.4) is 0 Å². The highest BCUT2D eigenvalue weighted by atomic mass is 35.5. The molecule has 0 N–H and O–H groups in total. The van der Waals surface area contributed by atoms with Crippen LogP contribution in [-0.2, 0) is 9.53 Å². The molecule has 0 unspecified atom stereocenters. The number of carbonyl (C=O) groups is 2. The minimum absolute atomic E-state index is 0.137. The SMILES string of the molecule is CCOC(=O)C(=O)c1c(Cl)cc(C)c(OC)c1C. The van der Waals surface area contributed by atoms with Crippen molar-refractivity contribution in [3.8, 4) is 5.75 Å². The second-order valence-corrected chi connectivity index (χ2v) is 4.17. The highest BCUT2D eigenvalue weighted by Crippen LogP contribution is 2.32. The third kappa shape index (κ3) is 2.64. The molecule has 0 aliphatic rings. The van der Waals surface area contributed by atoms with Gasteiger partial charge in [0.25, 0.3) is 5.78 Å². The molecule has 0 aliphatic carbocycles. The quantitative estimate of drug-likeness (QED) is 0.480. The maximum absolute atomic E-state index is 11.9. The Bertz CT molecular complexity index is 494. The zero-order valence-corrected chi connectivity index (χ0v) is 11.6. The number of ether oxygens (including phenoxy) is 2. The first-order valence-electron chi connectivity index (χ1n) is 5.49. The molecule has 1 rings (SSSR count).